The molecule has 1 unspecified atom stereocenters. The van der Waals surface area contributed by atoms with Crippen molar-refractivity contribution in [2.75, 3.05) is 0 Å². The highest BCUT2D eigenvalue weighted by atomic mass is 79.9. The van der Waals surface area contributed by atoms with Gasteiger partial charge in [-0.1, -0.05) is 53.3 Å². The van der Waals surface area contributed by atoms with Gasteiger partial charge in [0.15, 0.2) is 5.17 Å². The topological polar surface area (TPSA) is 53.5 Å². The van der Waals surface area contributed by atoms with Crippen LogP contribution in [0.1, 0.15) is 18.9 Å². The highest BCUT2D eigenvalue weighted by molar-refractivity contribution is 9.10. The second-order valence-corrected chi connectivity index (χ2v) is 6.13. The molecule has 2 N–H and O–H groups in total. The second-order valence-electron chi connectivity index (χ2n) is 4.02. The first kappa shape index (κ1) is 14.1. The Morgan fingerprint density at radius 2 is 2.21 bits per heavy atom. The Morgan fingerprint density at radius 3 is 2.79 bits per heavy atom. The number of carbonyl (C=O) groups excluding carboxylic acids is 1. The minimum absolute atomic E-state index is 0.0160. The van der Waals surface area contributed by atoms with Gasteiger partial charge in [0.05, 0.1) is 10.9 Å². The Bertz CT molecular complexity index is 527. The number of thioether (sulfide) groups is 1. The van der Waals surface area contributed by atoms with Crippen LogP contribution in [0.25, 0.3) is 5.70 Å². The van der Waals surface area contributed by atoms with E-state index in [1.54, 1.807) is 0 Å². The molecule has 100 valence electrons. The van der Waals surface area contributed by atoms with Gasteiger partial charge in [0.1, 0.15) is 0 Å². The van der Waals surface area contributed by atoms with Crippen molar-refractivity contribution in [3.63, 3.8) is 0 Å². The van der Waals surface area contributed by atoms with E-state index in [1.807, 2.05) is 31.2 Å². The Hall–Kier alpha value is -1.27. The summed E-state index contributed by atoms with van der Waals surface area (Å²) in [4.78, 5) is 11.5. The SMILES string of the molecule is C=C(NN=C1NC(=O)C(CC)S1)c1ccc(Br)cc1. The molecule has 1 saturated heterocycles. The van der Waals surface area contributed by atoms with Crippen molar-refractivity contribution in [3.8, 4) is 0 Å². The van der Waals surface area contributed by atoms with Crippen molar-refractivity contribution in [1.82, 2.24) is 10.7 Å². The van der Waals surface area contributed by atoms with Gasteiger partial charge in [-0.05, 0) is 24.1 Å². The fraction of sp³-hybridized carbons (Fsp3) is 0.231. The van der Waals surface area contributed by atoms with Crippen LogP contribution in [-0.2, 0) is 4.79 Å². The number of hydrogen-bond acceptors (Lipinski definition) is 4. The van der Waals surface area contributed by atoms with Gasteiger partial charge in [0.2, 0.25) is 5.91 Å². The molecule has 0 aromatic heterocycles. The summed E-state index contributed by atoms with van der Waals surface area (Å²) >= 11 is 4.82. The maximum Gasteiger partial charge on any atom is 0.239 e. The van der Waals surface area contributed by atoms with Crippen molar-refractivity contribution in [3.05, 3.63) is 40.9 Å². The molecule has 4 nitrogen and oxygen atoms in total. The number of amides is 1. The quantitative estimate of drug-likeness (QED) is 0.829. The van der Waals surface area contributed by atoms with Crippen LogP contribution in [-0.4, -0.2) is 16.3 Å². The van der Waals surface area contributed by atoms with E-state index in [9.17, 15) is 4.79 Å². The number of nitrogens with zero attached hydrogens (tertiary/aromatic N) is 1. The van der Waals surface area contributed by atoms with E-state index in [2.05, 4.69) is 38.4 Å². The Balaban J connectivity index is 1.97. The number of rotatable bonds is 4. The first-order valence-electron chi connectivity index (χ1n) is 5.86. The van der Waals surface area contributed by atoms with Crippen LogP contribution in [0, 0.1) is 0 Å². The molecular weight excluding hydrogens is 326 g/mol. The van der Waals surface area contributed by atoms with E-state index in [0.717, 1.165) is 16.5 Å². The zero-order valence-electron chi connectivity index (χ0n) is 10.4. The summed E-state index contributed by atoms with van der Waals surface area (Å²) < 4.78 is 1.01. The van der Waals surface area contributed by atoms with Crippen LogP contribution in [0.4, 0.5) is 0 Å². The summed E-state index contributed by atoms with van der Waals surface area (Å²) in [5.74, 6) is 0.0160. The third-order valence-electron chi connectivity index (χ3n) is 2.63. The van der Waals surface area contributed by atoms with Crippen LogP contribution >= 0.6 is 27.7 Å². The number of benzene rings is 1. The normalized spacial score (nSPS) is 20.4. The van der Waals surface area contributed by atoms with Crippen LogP contribution in [0.3, 0.4) is 0 Å². The lowest BCUT2D eigenvalue weighted by molar-refractivity contribution is -0.118. The van der Waals surface area contributed by atoms with Gasteiger partial charge in [-0.15, -0.1) is 5.10 Å². The minimum atomic E-state index is -0.0403. The van der Waals surface area contributed by atoms with Crippen molar-refractivity contribution < 1.29 is 4.79 Å². The lowest BCUT2D eigenvalue weighted by Gasteiger charge is -2.05. The molecule has 0 radical (unpaired) electrons. The van der Waals surface area contributed by atoms with Gasteiger partial charge in [0.25, 0.3) is 0 Å². The zero-order chi connectivity index (χ0) is 13.8. The Labute approximate surface area is 124 Å². The lowest BCUT2D eigenvalue weighted by Crippen LogP contribution is -2.25. The number of halogens is 1. The summed E-state index contributed by atoms with van der Waals surface area (Å²) in [6.45, 7) is 5.90. The molecule has 6 heteroatoms. The Kier molecular flexibility index (Phi) is 4.66. The average molecular weight is 340 g/mol. The van der Waals surface area contributed by atoms with Gasteiger partial charge in [-0.2, -0.15) is 0 Å². The molecule has 1 heterocycles. The zero-order valence-corrected chi connectivity index (χ0v) is 12.8. The minimum Gasteiger partial charge on any atom is -0.303 e. The smallest absolute Gasteiger partial charge is 0.239 e. The standard InChI is InChI=1S/C13H14BrN3OS/c1-3-11-12(18)15-13(19-11)17-16-8(2)9-4-6-10(14)7-5-9/h4-7,11,16H,2-3H2,1H3,(H,15,17,18). The summed E-state index contributed by atoms with van der Waals surface area (Å²) in [5, 5.41) is 7.44. The molecule has 1 aliphatic heterocycles. The van der Waals surface area contributed by atoms with Crippen molar-refractivity contribution in [2.45, 2.75) is 18.6 Å². The van der Waals surface area contributed by atoms with Crippen LogP contribution in [0.5, 0.6) is 0 Å². The Morgan fingerprint density at radius 1 is 1.53 bits per heavy atom. The predicted octanol–water partition coefficient (Wildman–Crippen LogP) is 2.92. The molecule has 0 aliphatic carbocycles. The third kappa shape index (κ3) is 3.61. The van der Waals surface area contributed by atoms with Gasteiger partial charge in [-0.3, -0.25) is 10.2 Å². The number of carbonyl (C=O) groups is 1. The molecule has 0 saturated carbocycles. The maximum absolute atomic E-state index is 11.5. The largest absolute Gasteiger partial charge is 0.303 e. The van der Waals surface area contributed by atoms with Crippen molar-refractivity contribution in [2.24, 2.45) is 5.10 Å². The summed E-state index contributed by atoms with van der Waals surface area (Å²) in [6, 6.07) is 7.76. The highest BCUT2D eigenvalue weighted by Gasteiger charge is 2.28. The highest BCUT2D eigenvalue weighted by Crippen LogP contribution is 2.22. The summed E-state index contributed by atoms with van der Waals surface area (Å²) in [7, 11) is 0. The third-order valence-corrected chi connectivity index (χ3v) is 4.41. The predicted molar refractivity (Wildman–Crippen MR) is 83.6 cm³/mol. The van der Waals surface area contributed by atoms with Gasteiger partial charge >= 0.3 is 0 Å². The molecule has 1 amide bonds. The molecule has 0 bridgehead atoms. The van der Waals surface area contributed by atoms with Crippen LogP contribution < -0.4 is 10.7 Å². The molecule has 1 fully saturated rings. The average Bonchev–Trinajstić information content (AvgIpc) is 2.77. The molecule has 0 spiro atoms. The van der Waals surface area contributed by atoms with E-state index in [-0.39, 0.29) is 11.2 Å². The lowest BCUT2D eigenvalue weighted by atomic mass is 10.2. The second kappa shape index (κ2) is 6.25. The first-order chi connectivity index (χ1) is 9.10. The maximum atomic E-state index is 11.5. The first-order valence-corrected chi connectivity index (χ1v) is 7.53. The van der Waals surface area contributed by atoms with Crippen LogP contribution in [0.2, 0.25) is 0 Å². The molecular formula is C13H14BrN3OS. The van der Waals surface area contributed by atoms with Gasteiger partial charge in [-0.25, -0.2) is 0 Å². The number of hydrazone groups is 1. The number of amidine groups is 1. The summed E-state index contributed by atoms with van der Waals surface area (Å²) in [6.07, 6.45) is 0.795. The molecule has 2 rings (SSSR count). The van der Waals surface area contributed by atoms with Crippen molar-refractivity contribution >= 4 is 44.5 Å². The van der Waals surface area contributed by atoms with E-state index in [4.69, 9.17) is 0 Å². The summed E-state index contributed by atoms with van der Waals surface area (Å²) in [5.41, 5.74) is 4.51. The van der Waals surface area contributed by atoms with E-state index in [0.29, 0.717) is 10.9 Å². The number of hydrogen-bond donors (Lipinski definition) is 2. The molecule has 1 aromatic rings. The van der Waals surface area contributed by atoms with Crippen LogP contribution in [0.15, 0.2) is 40.4 Å². The molecule has 1 aliphatic rings. The van der Waals surface area contributed by atoms with E-state index >= 15 is 0 Å². The number of nitrogens with one attached hydrogen (secondary N) is 2. The fourth-order valence-corrected chi connectivity index (χ4v) is 2.68. The van der Waals surface area contributed by atoms with Crippen molar-refractivity contribution in [1.29, 1.82) is 0 Å². The molecule has 19 heavy (non-hydrogen) atoms. The van der Waals surface area contributed by atoms with Gasteiger partial charge in [0, 0.05) is 4.47 Å². The molecule has 1 atom stereocenters. The fourth-order valence-electron chi connectivity index (χ4n) is 1.56. The van der Waals surface area contributed by atoms with Gasteiger partial charge < -0.3 is 5.32 Å². The van der Waals surface area contributed by atoms with E-state index in [1.165, 1.54) is 11.8 Å². The van der Waals surface area contributed by atoms with E-state index < -0.39 is 0 Å². The monoisotopic (exact) mass is 339 g/mol. The molecule has 1 aromatic carbocycles.